The van der Waals surface area contributed by atoms with Crippen molar-refractivity contribution in [2.75, 3.05) is 20.8 Å². The Balaban J connectivity index is 1.65. The van der Waals surface area contributed by atoms with Crippen molar-refractivity contribution in [1.82, 2.24) is 5.43 Å². The molecule has 8 nitrogen and oxygen atoms in total. The standard InChI is InChI=1S/C24H20Br2N2O6/c1-31-21-9-3-15(12-22(21)32-2)24(30)34-20-10-6-18(26)11-16(20)13-27-28-23(29)14-33-19-7-4-17(25)5-8-19/h3-13H,14H2,1-2H3,(H,28,29)/b27-13+. The lowest BCUT2D eigenvalue weighted by Crippen LogP contribution is -2.24. The van der Waals surface area contributed by atoms with E-state index >= 15 is 0 Å². The summed E-state index contributed by atoms with van der Waals surface area (Å²) in [7, 11) is 2.99. The highest BCUT2D eigenvalue weighted by Gasteiger charge is 2.15. The van der Waals surface area contributed by atoms with Crippen LogP contribution in [0.25, 0.3) is 0 Å². The molecule has 10 heteroatoms. The Bertz CT molecular complexity index is 1200. The first-order valence-electron chi connectivity index (χ1n) is 9.83. The zero-order valence-electron chi connectivity index (χ0n) is 18.2. The number of carbonyl (C=O) groups is 2. The Morgan fingerprint density at radius 1 is 0.882 bits per heavy atom. The minimum absolute atomic E-state index is 0.210. The van der Waals surface area contributed by atoms with Gasteiger partial charge in [-0.25, -0.2) is 10.2 Å². The van der Waals surface area contributed by atoms with E-state index in [0.29, 0.717) is 22.8 Å². The zero-order chi connectivity index (χ0) is 24.5. The summed E-state index contributed by atoms with van der Waals surface area (Å²) in [6.45, 7) is -0.210. The summed E-state index contributed by atoms with van der Waals surface area (Å²) in [5, 5.41) is 3.94. The maximum absolute atomic E-state index is 12.7. The molecule has 0 radical (unpaired) electrons. The molecule has 0 atom stereocenters. The molecular formula is C24H20Br2N2O6. The van der Waals surface area contributed by atoms with Gasteiger partial charge in [0.15, 0.2) is 18.1 Å². The normalized spacial score (nSPS) is 10.6. The van der Waals surface area contributed by atoms with Gasteiger partial charge in [-0.1, -0.05) is 31.9 Å². The van der Waals surface area contributed by atoms with E-state index in [1.807, 2.05) is 12.1 Å². The summed E-state index contributed by atoms with van der Waals surface area (Å²) in [5.41, 5.74) is 3.13. The summed E-state index contributed by atoms with van der Waals surface area (Å²) in [4.78, 5) is 24.7. The van der Waals surface area contributed by atoms with Crippen molar-refractivity contribution in [2.24, 2.45) is 5.10 Å². The average molecular weight is 592 g/mol. The SMILES string of the molecule is COc1ccc(C(=O)Oc2ccc(Br)cc2/C=N/NC(=O)COc2ccc(Br)cc2)cc1OC. The van der Waals surface area contributed by atoms with E-state index in [0.717, 1.165) is 8.95 Å². The second kappa shape index (κ2) is 12.2. The second-order valence-corrected chi connectivity index (χ2v) is 8.51. The van der Waals surface area contributed by atoms with Gasteiger partial charge in [-0.3, -0.25) is 4.79 Å². The molecule has 1 N–H and O–H groups in total. The molecule has 0 heterocycles. The Morgan fingerprint density at radius 3 is 2.26 bits per heavy atom. The molecule has 0 bridgehead atoms. The largest absolute Gasteiger partial charge is 0.493 e. The molecule has 0 aliphatic rings. The Hall–Kier alpha value is -3.37. The van der Waals surface area contributed by atoms with Gasteiger partial charge in [0, 0.05) is 14.5 Å². The van der Waals surface area contributed by atoms with E-state index in [2.05, 4.69) is 42.4 Å². The van der Waals surface area contributed by atoms with Gasteiger partial charge in [-0.2, -0.15) is 5.10 Å². The van der Waals surface area contributed by atoms with Gasteiger partial charge < -0.3 is 18.9 Å². The molecule has 3 aromatic rings. The summed E-state index contributed by atoms with van der Waals surface area (Å²) < 4.78 is 23.0. The van der Waals surface area contributed by atoms with Crippen molar-refractivity contribution >= 4 is 50.0 Å². The zero-order valence-corrected chi connectivity index (χ0v) is 21.4. The Kier molecular flexibility index (Phi) is 9.06. The van der Waals surface area contributed by atoms with Crippen molar-refractivity contribution in [3.8, 4) is 23.0 Å². The van der Waals surface area contributed by atoms with Crippen molar-refractivity contribution in [3.63, 3.8) is 0 Å². The summed E-state index contributed by atoms with van der Waals surface area (Å²) in [6, 6.07) is 16.8. The number of carbonyl (C=O) groups excluding carboxylic acids is 2. The van der Waals surface area contributed by atoms with Crippen LogP contribution in [0.2, 0.25) is 0 Å². The lowest BCUT2D eigenvalue weighted by Gasteiger charge is -2.11. The van der Waals surface area contributed by atoms with Crippen molar-refractivity contribution in [2.45, 2.75) is 0 Å². The molecular weight excluding hydrogens is 572 g/mol. The highest BCUT2D eigenvalue weighted by molar-refractivity contribution is 9.10. The number of amides is 1. The lowest BCUT2D eigenvalue weighted by atomic mass is 10.2. The van der Waals surface area contributed by atoms with Gasteiger partial charge in [-0.15, -0.1) is 0 Å². The van der Waals surface area contributed by atoms with Crippen LogP contribution in [0.4, 0.5) is 0 Å². The number of methoxy groups -OCH3 is 2. The molecule has 0 saturated heterocycles. The Labute approximate surface area is 213 Å². The molecule has 176 valence electrons. The number of ether oxygens (including phenoxy) is 4. The second-order valence-electron chi connectivity index (χ2n) is 6.68. The van der Waals surface area contributed by atoms with Crippen LogP contribution in [-0.2, 0) is 4.79 Å². The summed E-state index contributed by atoms with van der Waals surface area (Å²) in [6.07, 6.45) is 1.37. The number of nitrogens with one attached hydrogen (secondary N) is 1. The first-order valence-corrected chi connectivity index (χ1v) is 11.4. The number of hydrogen-bond donors (Lipinski definition) is 1. The third-order valence-electron chi connectivity index (χ3n) is 4.37. The van der Waals surface area contributed by atoms with E-state index in [-0.39, 0.29) is 17.9 Å². The summed E-state index contributed by atoms with van der Waals surface area (Å²) in [5.74, 6) is 0.673. The fourth-order valence-electron chi connectivity index (χ4n) is 2.72. The molecule has 0 saturated carbocycles. The fourth-order valence-corrected chi connectivity index (χ4v) is 3.36. The molecule has 3 rings (SSSR count). The summed E-state index contributed by atoms with van der Waals surface area (Å²) >= 11 is 6.71. The monoisotopic (exact) mass is 590 g/mol. The molecule has 0 unspecified atom stereocenters. The van der Waals surface area contributed by atoms with Gasteiger partial charge in [-0.05, 0) is 60.7 Å². The molecule has 34 heavy (non-hydrogen) atoms. The average Bonchev–Trinajstić information content (AvgIpc) is 2.84. The molecule has 0 fully saturated rings. The highest BCUT2D eigenvalue weighted by Crippen LogP contribution is 2.29. The molecule has 0 spiro atoms. The minimum Gasteiger partial charge on any atom is -0.493 e. The van der Waals surface area contributed by atoms with Gasteiger partial charge in [0.05, 0.1) is 26.0 Å². The van der Waals surface area contributed by atoms with Gasteiger partial charge in [0.2, 0.25) is 0 Å². The van der Waals surface area contributed by atoms with Crippen LogP contribution in [-0.4, -0.2) is 38.9 Å². The van der Waals surface area contributed by atoms with Crippen LogP contribution in [0.3, 0.4) is 0 Å². The predicted molar refractivity (Wildman–Crippen MR) is 134 cm³/mol. The smallest absolute Gasteiger partial charge is 0.343 e. The fraction of sp³-hybridized carbons (Fsp3) is 0.125. The minimum atomic E-state index is -0.593. The molecule has 0 aliphatic heterocycles. The predicted octanol–water partition coefficient (Wildman–Crippen LogP) is 4.98. The lowest BCUT2D eigenvalue weighted by molar-refractivity contribution is -0.123. The van der Waals surface area contributed by atoms with E-state index < -0.39 is 11.9 Å². The topological polar surface area (TPSA) is 95.5 Å². The quantitative estimate of drug-likeness (QED) is 0.163. The Morgan fingerprint density at radius 2 is 1.56 bits per heavy atom. The van der Waals surface area contributed by atoms with E-state index in [9.17, 15) is 9.59 Å². The van der Waals surface area contributed by atoms with E-state index in [4.69, 9.17) is 18.9 Å². The number of hydrogen-bond acceptors (Lipinski definition) is 7. The molecule has 0 aromatic heterocycles. The van der Waals surface area contributed by atoms with Crippen LogP contribution in [0, 0.1) is 0 Å². The van der Waals surface area contributed by atoms with Crippen molar-refractivity contribution < 1.29 is 28.5 Å². The van der Waals surface area contributed by atoms with Crippen molar-refractivity contribution in [3.05, 3.63) is 80.7 Å². The maximum atomic E-state index is 12.7. The number of rotatable bonds is 9. The van der Waals surface area contributed by atoms with E-state index in [1.54, 1.807) is 42.5 Å². The number of benzene rings is 3. The highest BCUT2D eigenvalue weighted by atomic mass is 79.9. The van der Waals surface area contributed by atoms with E-state index in [1.165, 1.54) is 26.5 Å². The maximum Gasteiger partial charge on any atom is 0.343 e. The number of hydrazone groups is 1. The van der Waals surface area contributed by atoms with Crippen LogP contribution in [0.5, 0.6) is 23.0 Å². The first kappa shape index (κ1) is 25.3. The number of nitrogens with zero attached hydrogens (tertiary/aromatic N) is 1. The van der Waals surface area contributed by atoms with Crippen LogP contribution < -0.4 is 24.4 Å². The van der Waals surface area contributed by atoms with Gasteiger partial charge >= 0.3 is 5.97 Å². The third-order valence-corrected chi connectivity index (χ3v) is 5.39. The molecule has 1 amide bonds. The van der Waals surface area contributed by atoms with Crippen LogP contribution in [0.15, 0.2) is 74.7 Å². The van der Waals surface area contributed by atoms with Crippen LogP contribution in [0.1, 0.15) is 15.9 Å². The third kappa shape index (κ3) is 7.06. The molecule has 3 aromatic carbocycles. The van der Waals surface area contributed by atoms with Gasteiger partial charge in [0.25, 0.3) is 5.91 Å². The molecule has 0 aliphatic carbocycles. The first-order chi connectivity index (χ1) is 16.4. The number of esters is 1. The van der Waals surface area contributed by atoms with Crippen molar-refractivity contribution in [1.29, 1.82) is 0 Å². The van der Waals surface area contributed by atoms with Crippen LogP contribution >= 0.6 is 31.9 Å². The number of halogens is 2. The van der Waals surface area contributed by atoms with Gasteiger partial charge in [0.1, 0.15) is 11.5 Å².